The van der Waals surface area contributed by atoms with Crippen LogP contribution in [-0.4, -0.2) is 46.1 Å². The number of nitrogens with zero attached hydrogens (tertiary/aromatic N) is 1. The van der Waals surface area contributed by atoms with E-state index in [1.807, 2.05) is 16.7 Å². The maximum atomic E-state index is 12.1. The number of carboxylic acid groups (broad SMARTS) is 1. The molecule has 1 fully saturated rings. The number of nitrogens with one attached hydrogen (secondary N) is 1. The number of aromatic carboxylic acids is 1. The molecule has 0 radical (unpaired) electrons. The standard InChI is InChI=1S/C15H20N2O3S/c1-11-6-7-17(8-9-21-11)15(20)16-10-12-2-4-13(5-3-12)14(18)19/h2-5,11H,6-10H2,1H3,(H,16,20)(H,18,19). The van der Waals surface area contributed by atoms with Gasteiger partial charge in [-0.05, 0) is 24.1 Å². The van der Waals surface area contributed by atoms with Crippen molar-refractivity contribution >= 4 is 23.8 Å². The van der Waals surface area contributed by atoms with Gasteiger partial charge in [-0.1, -0.05) is 19.1 Å². The third kappa shape index (κ3) is 4.67. The molecule has 0 aromatic heterocycles. The van der Waals surface area contributed by atoms with Crippen molar-refractivity contribution in [3.05, 3.63) is 35.4 Å². The van der Waals surface area contributed by atoms with E-state index in [2.05, 4.69) is 12.2 Å². The van der Waals surface area contributed by atoms with Crippen LogP contribution in [0.25, 0.3) is 0 Å². The molecule has 21 heavy (non-hydrogen) atoms. The summed E-state index contributed by atoms with van der Waals surface area (Å²) in [5.74, 6) is 0.0313. The quantitative estimate of drug-likeness (QED) is 0.900. The Bertz CT molecular complexity index is 504. The first-order valence-electron chi connectivity index (χ1n) is 7.03. The van der Waals surface area contributed by atoms with Crippen LogP contribution in [0, 0.1) is 0 Å². The Morgan fingerprint density at radius 1 is 1.33 bits per heavy atom. The second-order valence-electron chi connectivity index (χ2n) is 5.12. The van der Waals surface area contributed by atoms with E-state index in [9.17, 15) is 9.59 Å². The van der Waals surface area contributed by atoms with Crippen molar-refractivity contribution in [1.29, 1.82) is 0 Å². The Hall–Kier alpha value is -1.69. The highest BCUT2D eigenvalue weighted by Crippen LogP contribution is 2.18. The Kier molecular flexibility index (Phi) is 5.50. The van der Waals surface area contributed by atoms with Gasteiger partial charge in [0.05, 0.1) is 5.56 Å². The highest BCUT2D eigenvalue weighted by atomic mass is 32.2. The van der Waals surface area contributed by atoms with Gasteiger partial charge in [0.15, 0.2) is 0 Å². The predicted molar refractivity (Wildman–Crippen MR) is 83.7 cm³/mol. The van der Waals surface area contributed by atoms with Crippen molar-refractivity contribution in [3.8, 4) is 0 Å². The molecule has 2 N–H and O–H groups in total. The summed E-state index contributed by atoms with van der Waals surface area (Å²) in [6.07, 6.45) is 1.02. The minimum absolute atomic E-state index is 0.0491. The van der Waals surface area contributed by atoms with Gasteiger partial charge in [-0.25, -0.2) is 9.59 Å². The molecule has 0 bridgehead atoms. The summed E-state index contributed by atoms with van der Waals surface area (Å²) >= 11 is 1.90. The molecule has 1 aliphatic rings. The van der Waals surface area contributed by atoms with Crippen LogP contribution in [0.15, 0.2) is 24.3 Å². The Morgan fingerprint density at radius 3 is 2.71 bits per heavy atom. The molecule has 2 amide bonds. The Balaban J connectivity index is 1.84. The monoisotopic (exact) mass is 308 g/mol. The van der Waals surface area contributed by atoms with Gasteiger partial charge in [0.25, 0.3) is 0 Å². The highest BCUT2D eigenvalue weighted by Gasteiger charge is 2.18. The van der Waals surface area contributed by atoms with Crippen LogP contribution in [0.3, 0.4) is 0 Å². The molecule has 6 heteroatoms. The van der Waals surface area contributed by atoms with Crippen molar-refractivity contribution in [2.75, 3.05) is 18.8 Å². The van der Waals surface area contributed by atoms with Crippen LogP contribution < -0.4 is 5.32 Å². The zero-order valence-electron chi connectivity index (χ0n) is 12.0. The molecule has 114 valence electrons. The van der Waals surface area contributed by atoms with Crippen molar-refractivity contribution in [2.24, 2.45) is 0 Å². The largest absolute Gasteiger partial charge is 0.478 e. The number of benzene rings is 1. The van der Waals surface area contributed by atoms with Crippen molar-refractivity contribution in [2.45, 2.75) is 25.1 Å². The molecule has 1 unspecified atom stereocenters. The lowest BCUT2D eigenvalue weighted by Crippen LogP contribution is -2.40. The first-order valence-corrected chi connectivity index (χ1v) is 8.08. The average molecular weight is 308 g/mol. The van der Waals surface area contributed by atoms with Crippen LogP contribution >= 0.6 is 11.8 Å². The Morgan fingerprint density at radius 2 is 2.05 bits per heavy atom. The minimum atomic E-state index is -0.943. The maximum absolute atomic E-state index is 12.1. The molecule has 1 aromatic carbocycles. The zero-order chi connectivity index (χ0) is 15.2. The van der Waals surface area contributed by atoms with E-state index >= 15 is 0 Å². The van der Waals surface area contributed by atoms with Crippen LogP contribution in [-0.2, 0) is 6.54 Å². The van der Waals surface area contributed by atoms with E-state index in [4.69, 9.17) is 5.11 Å². The SMILES string of the molecule is CC1CCN(C(=O)NCc2ccc(C(=O)O)cc2)CCS1. The molecule has 1 saturated heterocycles. The minimum Gasteiger partial charge on any atom is -0.478 e. The maximum Gasteiger partial charge on any atom is 0.335 e. The van der Waals surface area contributed by atoms with Gasteiger partial charge in [0, 0.05) is 30.6 Å². The molecule has 1 heterocycles. The smallest absolute Gasteiger partial charge is 0.335 e. The van der Waals surface area contributed by atoms with Gasteiger partial charge in [-0.15, -0.1) is 0 Å². The van der Waals surface area contributed by atoms with Gasteiger partial charge in [-0.3, -0.25) is 0 Å². The lowest BCUT2D eigenvalue weighted by Gasteiger charge is -2.20. The molecule has 1 aromatic rings. The second-order valence-corrected chi connectivity index (χ2v) is 6.66. The molecule has 0 spiro atoms. The van der Waals surface area contributed by atoms with E-state index in [0.29, 0.717) is 11.8 Å². The van der Waals surface area contributed by atoms with Crippen LogP contribution in [0.2, 0.25) is 0 Å². The molecule has 2 rings (SSSR count). The number of carbonyl (C=O) groups is 2. The summed E-state index contributed by atoms with van der Waals surface area (Å²) in [5, 5.41) is 12.3. The summed E-state index contributed by atoms with van der Waals surface area (Å²) in [6.45, 7) is 4.17. The number of rotatable bonds is 3. The number of hydrogen-bond acceptors (Lipinski definition) is 3. The number of carbonyl (C=O) groups excluding carboxylic acids is 1. The van der Waals surface area contributed by atoms with Crippen LogP contribution in [0.1, 0.15) is 29.3 Å². The van der Waals surface area contributed by atoms with Crippen molar-refractivity contribution in [3.63, 3.8) is 0 Å². The molecule has 0 saturated carbocycles. The van der Waals surface area contributed by atoms with Crippen LogP contribution in [0.4, 0.5) is 4.79 Å². The van der Waals surface area contributed by atoms with Gasteiger partial charge in [-0.2, -0.15) is 11.8 Å². The third-order valence-electron chi connectivity index (χ3n) is 3.50. The van der Waals surface area contributed by atoms with E-state index in [1.54, 1.807) is 24.3 Å². The fourth-order valence-corrected chi connectivity index (χ4v) is 3.15. The summed E-state index contributed by atoms with van der Waals surface area (Å²) in [6, 6.07) is 6.50. The third-order valence-corrected chi connectivity index (χ3v) is 4.72. The molecular weight excluding hydrogens is 288 g/mol. The first-order chi connectivity index (χ1) is 10.1. The van der Waals surface area contributed by atoms with E-state index in [1.165, 1.54) is 0 Å². The zero-order valence-corrected chi connectivity index (χ0v) is 12.9. The lowest BCUT2D eigenvalue weighted by atomic mass is 10.1. The number of amides is 2. The summed E-state index contributed by atoms with van der Waals surface area (Å²) in [4.78, 5) is 24.7. The first kappa shape index (κ1) is 15.7. The molecular formula is C15H20N2O3S. The number of urea groups is 1. The number of thioether (sulfide) groups is 1. The number of hydrogen-bond donors (Lipinski definition) is 2. The second kappa shape index (κ2) is 7.36. The summed E-state index contributed by atoms with van der Waals surface area (Å²) in [7, 11) is 0. The summed E-state index contributed by atoms with van der Waals surface area (Å²) in [5.41, 5.74) is 1.15. The molecule has 0 aliphatic carbocycles. The van der Waals surface area contributed by atoms with E-state index in [-0.39, 0.29) is 11.6 Å². The fourth-order valence-electron chi connectivity index (χ4n) is 2.15. The predicted octanol–water partition coefficient (Wildman–Crippen LogP) is 2.42. The van der Waals surface area contributed by atoms with E-state index in [0.717, 1.165) is 30.8 Å². The highest BCUT2D eigenvalue weighted by molar-refractivity contribution is 7.99. The Labute approximate surface area is 128 Å². The van der Waals surface area contributed by atoms with Crippen molar-refractivity contribution in [1.82, 2.24) is 10.2 Å². The van der Waals surface area contributed by atoms with Gasteiger partial charge in [0.1, 0.15) is 0 Å². The molecule has 5 nitrogen and oxygen atoms in total. The van der Waals surface area contributed by atoms with Gasteiger partial charge < -0.3 is 15.3 Å². The fraction of sp³-hybridized carbons (Fsp3) is 0.467. The topological polar surface area (TPSA) is 69.6 Å². The summed E-state index contributed by atoms with van der Waals surface area (Å²) < 4.78 is 0. The van der Waals surface area contributed by atoms with Crippen molar-refractivity contribution < 1.29 is 14.7 Å². The van der Waals surface area contributed by atoms with E-state index < -0.39 is 5.97 Å². The van der Waals surface area contributed by atoms with Crippen LogP contribution in [0.5, 0.6) is 0 Å². The lowest BCUT2D eigenvalue weighted by molar-refractivity contribution is 0.0697. The normalized spacial score (nSPS) is 18.9. The molecule has 1 atom stereocenters. The average Bonchev–Trinajstić information content (AvgIpc) is 2.70. The number of carboxylic acids is 1. The van der Waals surface area contributed by atoms with Gasteiger partial charge in [0.2, 0.25) is 0 Å². The molecule has 1 aliphatic heterocycles. The van der Waals surface area contributed by atoms with Gasteiger partial charge >= 0.3 is 12.0 Å².